The van der Waals surface area contributed by atoms with Crippen LogP contribution < -0.4 is 10.1 Å². The van der Waals surface area contributed by atoms with Crippen LogP contribution in [-0.4, -0.2) is 13.7 Å². The van der Waals surface area contributed by atoms with E-state index in [1.807, 2.05) is 0 Å². The Morgan fingerprint density at radius 1 is 1.19 bits per heavy atom. The van der Waals surface area contributed by atoms with E-state index in [9.17, 15) is 0 Å². The third-order valence-corrected chi connectivity index (χ3v) is 4.98. The molecule has 0 aromatic heterocycles. The van der Waals surface area contributed by atoms with Gasteiger partial charge in [0.2, 0.25) is 0 Å². The zero-order valence-corrected chi connectivity index (χ0v) is 14.3. The first-order chi connectivity index (χ1) is 10.0. The second kappa shape index (κ2) is 7.31. The highest BCUT2D eigenvalue weighted by atomic mass is 16.5. The molecule has 2 rings (SSSR count). The maximum atomic E-state index is 5.40. The van der Waals surface area contributed by atoms with E-state index in [4.69, 9.17) is 4.74 Å². The molecular weight excluding hydrogens is 258 g/mol. The van der Waals surface area contributed by atoms with E-state index >= 15 is 0 Å². The first-order valence-corrected chi connectivity index (χ1v) is 8.43. The minimum atomic E-state index is 0.490. The molecule has 0 saturated carbocycles. The fraction of sp³-hybridized carbons (Fsp3) is 0.684. The predicted octanol–water partition coefficient (Wildman–Crippen LogP) is 4.59. The monoisotopic (exact) mass is 289 g/mol. The quantitative estimate of drug-likeness (QED) is 0.827. The van der Waals surface area contributed by atoms with Crippen LogP contribution in [0.5, 0.6) is 5.75 Å². The molecule has 2 nitrogen and oxygen atoms in total. The van der Waals surface area contributed by atoms with E-state index in [1.54, 1.807) is 7.11 Å². The van der Waals surface area contributed by atoms with Gasteiger partial charge in [-0.3, -0.25) is 0 Å². The Bertz CT molecular complexity index is 445. The summed E-state index contributed by atoms with van der Waals surface area (Å²) in [4.78, 5) is 0. The normalized spacial score (nSPS) is 18.4. The number of hydrogen-bond donors (Lipinski definition) is 1. The van der Waals surface area contributed by atoms with Crippen LogP contribution in [0.3, 0.4) is 0 Å². The largest absolute Gasteiger partial charge is 0.497 e. The van der Waals surface area contributed by atoms with Gasteiger partial charge < -0.3 is 10.1 Å². The first kappa shape index (κ1) is 16.4. The molecule has 1 N–H and O–H groups in total. The van der Waals surface area contributed by atoms with Gasteiger partial charge in [0.25, 0.3) is 0 Å². The Labute approximate surface area is 130 Å². The molecule has 1 aromatic rings. The molecule has 0 aliphatic heterocycles. The lowest BCUT2D eigenvalue weighted by Gasteiger charge is -2.31. The van der Waals surface area contributed by atoms with Crippen molar-refractivity contribution in [2.24, 2.45) is 17.8 Å². The first-order valence-electron chi connectivity index (χ1n) is 8.43. The number of methoxy groups -OCH3 is 1. The minimum Gasteiger partial charge on any atom is -0.497 e. The van der Waals surface area contributed by atoms with Crippen molar-refractivity contribution in [1.82, 2.24) is 5.32 Å². The van der Waals surface area contributed by atoms with Gasteiger partial charge in [-0.2, -0.15) is 0 Å². The summed E-state index contributed by atoms with van der Waals surface area (Å²) < 4.78 is 5.40. The third-order valence-electron chi connectivity index (χ3n) is 4.98. The summed E-state index contributed by atoms with van der Waals surface area (Å²) in [6.45, 7) is 10.5. The molecule has 1 aromatic carbocycles. The number of ether oxygens (including phenoxy) is 1. The van der Waals surface area contributed by atoms with Gasteiger partial charge in [-0.25, -0.2) is 0 Å². The number of hydrogen-bond acceptors (Lipinski definition) is 2. The summed E-state index contributed by atoms with van der Waals surface area (Å²) in [6, 6.07) is 7.05. The smallest absolute Gasteiger partial charge is 0.119 e. The van der Waals surface area contributed by atoms with Gasteiger partial charge in [0.1, 0.15) is 5.75 Å². The lowest BCUT2D eigenvalue weighted by molar-refractivity contribution is 0.260. The Balaban J connectivity index is 2.09. The van der Waals surface area contributed by atoms with Crippen molar-refractivity contribution in [2.75, 3.05) is 13.7 Å². The van der Waals surface area contributed by atoms with Crippen LogP contribution in [0.4, 0.5) is 0 Å². The second-order valence-electron chi connectivity index (χ2n) is 7.07. The summed E-state index contributed by atoms with van der Waals surface area (Å²) >= 11 is 0. The van der Waals surface area contributed by atoms with Gasteiger partial charge in [-0.05, 0) is 66.8 Å². The zero-order chi connectivity index (χ0) is 15.4. The lowest BCUT2D eigenvalue weighted by Crippen LogP contribution is -2.34. The van der Waals surface area contributed by atoms with E-state index in [-0.39, 0.29) is 0 Å². The Hall–Kier alpha value is -1.02. The number of nitrogens with one attached hydrogen (secondary N) is 1. The van der Waals surface area contributed by atoms with Crippen LogP contribution in [-0.2, 0) is 6.42 Å². The fourth-order valence-corrected chi connectivity index (χ4v) is 3.64. The number of aryl methyl sites for hydroxylation is 1. The molecule has 0 bridgehead atoms. The highest BCUT2D eigenvalue weighted by Crippen LogP contribution is 2.33. The van der Waals surface area contributed by atoms with E-state index in [1.165, 1.54) is 30.4 Å². The molecule has 1 atom stereocenters. The molecule has 0 fully saturated rings. The molecule has 21 heavy (non-hydrogen) atoms. The number of rotatable bonds is 6. The number of benzene rings is 1. The van der Waals surface area contributed by atoms with Crippen LogP contribution in [0.15, 0.2) is 18.2 Å². The van der Waals surface area contributed by atoms with Crippen LogP contribution in [0.1, 0.15) is 57.7 Å². The molecule has 0 amide bonds. The van der Waals surface area contributed by atoms with Crippen LogP contribution in [0.25, 0.3) is 0 Å². The molecule has 1 aliphatic rings. The second-order valence-corrected chi connectivity index (χ2v) is 7.07. The summed E-state index contributed by atoms with van der Waals surface area (Å²) in [6.07, 6.45) is 3.73. The Morgan fingerprint density at radius 3 is 2.52 bits per heavy atom. The maximum Gasteiger partial charge on any atom is 0.119 e. The van der Waals surface area contributed by atoms with Crippen LogP contribution in [0, 0.1) is 17.8 Å². The average molecular weight is 289 g/mol. The molecule has 2 heteroatoms. The third kappa shape index (κ3) is 4.00. The van der Waals surface area contributed by atoms with Crippen molar-refractivity contribution in [1.29, 1.82) is 0 Å². The van der Waals surface area contributed by atoms with Crippen LogP contribution in [0.2, 0.25) is 0 Å². The molecular formula is C19H31NO. The SMILES string of the molecule is COc1ccc2c(c1)C(NCC(C(C)C)C(C)C)CCC2. The van der Waals surface area contributed by atoms with E-state index in [0.29, 0.717) is 6.04 Å². The molecule has 1 unspecified atom stereocenters. The summed E-state index contributed by atoms with van der Waals surface area (Å²) in [5.74, 6) is 3.17. The molecule has 0 radical (unpaired) electrons. The minimum absolute atomic E-state index is 0.490. The molecule has 118 valence electrons. The Kier molecular flexibility index (Phi) is 5.69. The van der Waals surface area contributed by atoms with Gasteiger partial charge in [0.15, 0.2) is 0 Å². The number of fused-ring (bicyclic) bond motifs is 1. The summed E-state index contributed by atoms with van der Waals surface area (Å²) in [5, 5.41) is 3.84. The average Bonchev–Trinajstić information content (AvgIpc) is 2.46. The fourth-order valence-electron chi connectivity index (χ4n) is 3.64. The summed E-state index contributed by atoms with van der Waals surface area (Å²) in [5.41, 5.74) is 2.94. The van der Waals surface area contributed by atoms with E-state index in [0.717, 1.165) is 30.0 Å². The van der Waals surface area contributed by atoms with Gasteiger partial charge in [0.05, 0.1) is 7.11 Å². The van der Waals surface area contributed by atoms with Gasteiger partial charge in [-0.1, -0.05) is 33.8 Å². The predicted molar refractivity (Wildman–Crippen MR) is 89.8 cm³/mol. The maximum absolute atomic E-state index is 5.40. The highest BCUT2D eigenvalue weighted by molar-refractivity contribution is 5.39. The van der Waals surface area contributed by atoms with Gasteiger partial charge >= 0.3 is 0 Å². The van der Waals surface area contributed by atoms with Crippen molar-refractivity contribution < 1.29 is 4.74 Å². The summed E-state index contributed by atoms with van der Waals surface area (Å²) in [7, 11) is 1.75. The van der Waals surface area contributed by atoms with E-state index < -0.39 is 0 Å². The molecule has 0 saturated heterocycles. The van der Waals surface area contributed by atoms with Crippen molar-refractivity contribution in [3.63, 3.8) is 0 Å². The van der Waals surface area contributed by atoms with Crippen molar-refractivity contribution >= 4 is 0 Å². The highest BCUT2D eigenvalue weighted by Gasteiger charge is 2.23. The van der Waals surface area contributed by atoms with Gasteiger partial charge in [-0.15, -0.1) is 0 Å². The molecule has 0 spiro atoms. The van der Waals surface area contributed by atoms with Crippen molar-refractivity contribution in [2.45, 2.75) is 53.0 Å². The van der Waals surface area contributed by atoms with E-state index in [2.05, 4.69) is 51.2 Å². The topological polar surface area (TPSA) is 21.3 Å². The zero-order valence-electron chi connectivity index (χ0n) is 14.3. The van der Waals surface area contributed by atoms with Crippen molar-refractivity contribution in [3.8, 4) is 5.75 Å². The molecule has 0 heterocycles. The van der Waals surface area contributed by atoms with Gasteiger partial charge in [0, 0.05) is 6.04 Å². The van der Waals surface area contributed by atoms with Crippen LogP contribution >= 0.6 is 0 Å². The lowest BCUT2D eigenvalue weighted by atomic mass is 9.83. The molecule has 1 aliphatic carbocycles. The van der Waals surface area contributed by atoms with Crippen molar-refractivity contribution in [3.05, 3.63) is 29.3 Å². The Morgan fingerprint density at radius 2 is 1.90 bits per heavy atom. The standard InChI is InChI=1S/C19H31NO/c1-13(2)18(14(3)4)12-20-19-8-6-7-15-9-10-16(21-5)11-17(15)19/h9-11,13-14,18-20H,6-8,12H2,1-5H3.